The molecule has 0 unspecified atom stereocenters. The van der Waals surface area contributed by atoms with Gasteiger partial charge in [0.15, 0.2) is 11.5 Å². The smallest absolute Gasteiger partial charge is 0.261 e. The Hall–Kier alpha value is -3.45. The number of carbonyl (C=O) groups excluding carboxylic acids is 2. The molecule has 1 aliphatic heterocycles. The van der Waals surface area contributed by atoms with E-state index in [4.69, 9.17) is 4.74 Å². The number of halogens is 1. The lowest BCUT2D eigenvalue weighted by Gasteiger charge is -2.28. The van der Waals surface area contributed by atoms with Gasteiger partial charge >= 0.3 is 0 Å². The summed E-state index contributed by atoms with van der Waals surface area (Å²) >= 11 is 3.33. The summed E-state index contributed by atoms with van der Waals surface area (Å²) in [5.41, 5.74) is 2.67. The molecular weight excluding hydrogens is 460 g/mol. The van der Waals surface area contributed by atoms with Gasteiger partial charge in [-0.05, 0) is 70.4 Å². The van der Waals surface area contributed by atoms with Gasteiger partial charge in [0, 0.05) is 17.3 Å². The fourth-order valence-electron chi connectivity index (χ4n) is 3.45. The van der Waals surface area contributed by atoms with Crippen molar-refractivity contribution in [2.24, 2.45) is 0 Å². The molecule has 0 aliphatic carbocycles. The monoisotopic (exact) mass is 478 g/mol. The fraction of sp³-hybridized carbons (Fsp3) is 0.125. The zero-order chi connectivity index (χ0) is 22.0. The predicted molar refractivity (Wildman–Crippen MR) is 120 cm³/mol. The summed E-state index contributed by atoms with van der Waals surface area (Å²) in [6.07, 6.45) is 3.33. The van der Waals surface area contributed by atoms with Crippen LogP contribution in [0.15, 0.2) is 65.3 Å². The lowest BCUT2D eigenvalue weighted by atomic mass is 9.92. The lowest BCUT2D eigenvalue weighted by Crippen LogP contribution is -2.41. The number of aromatic hydroxyl groups is 1. The molecule has 0 atom stereocenters. The normalized spacial score (nSPS) is 14.6. The van der Waals surface area contributed by atoms with Crippen molar-refractivity contribution in [3.8, 4) is 11.5 Å². The van der Waals surface area contributed by atoms with Crippen LogP contribution in [0.2, 0.25) is 0 Å². The van der Waals surface area contributed by atoms with Crippen LogP contribution in [0.4, 0.5) is 0 Å². The number of carbonyl (C=O) groups is 2. The topological polar surface area (TPSA) is 79.7 Å². The number of nitrogens with zero attached hydrogens (tertiary/aromatic N) is 2. The standard InChI is InChI=1S/C24H19BrN2O4/c1-2-31-21-13-15(12-20(25)22(21)28)11-19-17-8-3-4-9-18(17)23(29)27(24(19)30)14-16-7-5-6-10-26-16/h3-13,28H,2,14H2,1H3/b19-11-. The van der Waals surface area contributed by atoms with E-state index in [1.807, 2.05) is 13.0 Å². The van der Waals surface area contributed by atoms with Gasteiger partial charge in [-0.1, -0.05) is 24.3 Å². The summed E-state index contributed by atoms with van der Waals surface area (Å²) in [7, 11) is 0. The zero-order valence-corrected chi connectivity index (χ0v) is 18.3. The second-order valence-electron chi connectivity index (χ2n) is 6.90. The summed E-state index contributed by atoms with van der Waals surface area (Å²) in [6.45, 7) is 2.28. The first kappa shape index (κ1) is 20.8. The number of imide groups is 1. The average molecular weight is 479 g/mol. The van der Waals surface area contributed by atoms with Gasteiger partial charge in [-0.3, -0.25) is 19.5 Å². The molecule has 0 spiro atoms. The molecule has 3 aromatic rings. The van der Waals surface area contributed by atoms with E-state index in [1.54, 1.807) is 60.8 Å². The molecule has 0 saturated heterocycles. The highest BCUT2D eigenvalue weighted by Crippen LogP contribution is 2.38. The number of phenols is 1. The first-order valence-corrected chi connectivity index (χ1v) is 10.5. The highest BCUT2D eigenvalue weighted by atomic mass is 79.9. The number of rotatable bonds is 5. The number of benzene rings is 2. The van der Waals surface area contributed by atoms with Gasteiger partial charge in [-0.2, -0.15) is 0 Å². The van der Waals surface area contributed by atoms with Crippen molar-refractivity contribution in [1.82, 2.24) is 9.88 Å². The Kier molecular flexibility index (Phi) is 5.86. The maximum Gasteiger partial charge on any atom is 0.261 e. The number of fused-ring (bicyclic) bond motifs is 1. The number of pyridine rings is 1. The molecule has 2 amide bonds. The van der Waals surface area contributed by atoms with Gasteiger partial charge < -0.3 is 9.84 Å². The number of amides is 2. The van der Waals surface area contributed by atoms with Crippen molar-refractivity contribution < 1.29 is 19.4 Å². The largest absolute Gasteiger partial charge is 0.503 e. The maximum atomic E-state index is 13.4. The van der Waals surface area contributed by atoms with Gasteiger partial charge in [0.1, 0.15) is 0 Å². The van der Waals surface area contributed by atoms with Crippen LogP contribution in [0, 0.1) is 0 Å². The SMILES string of the molecule is CCOc1cc(/C=C2\C(=O)N(Cc3ccccn3)C(=O)c3ccccc32)cc(Br)c1O. The first-order chi connectivity index (χ1) is 15.0. The minimum Gasteiger partial charge on any atom is -0.503 e. The Morgan fingerprint density at radius 1 is 1.06 bits per heavy atom. The summed E-state index contributed by atoms with van der Waals surface area (Å²) in [6, 6.07) is 15.8. The fourth-order valence-corrected chi connectivity index (χ4v) is 3.91. The van der Waals surface area contributed by atoms with E-state index in [2.05, 4.69) is 20.9 Å². The number of hydrogen-bond donors (Lipinski definition) is 1. The molecule has 4 rings (SSSR count). The van der Waals surface area contributed by atoms with Crippen molar-refractivity contribution in [3.63, 3.8) is 0 Å². The van der Waals surface area contributed by atoms with Gasteiger partial charge in [-0.15, -0.1) is 0 Å². The van der Waals surface area contributed by atoms with Gasteiger partial charge in [0.2, 0.25) is 0 Å². The van der Waals surface area contributed by atoms with Gasteiger partial charge in [0.25, 0.3) is 11.8 Å². The predicted octanol–water partition coefficient (Wildman–Crippen LogP) is 4.67. The Morgan fingerprint density at radius 2 is 1.81 bits per heavy atom. The van der Waals surface area contributed by atoms with Gasteiger partial charge in [-0.25, -0.2) is 0 Å². The van der Waals surface area contributed by atoms with Crippen LogP contribution in [-0.2, 0) is 11.3 Å². The molecule has 0 saturated carbocycles. The van der Waals surface area contributed by atoms with Crippen molar-refractivity contribution in [1.29, 1.82) is 0 Å². The van der Waals surface area contributed by atoms with Crippen LogP contribution in [0.3, 0.4) is 0 Å². The summed E-state index contributed by atoms with van der Waals surface area (Å²) in [4.78, 5) is 31.9. The number of aromatic nitrogens is 1. The quantitative estimate of drug-likeness (QED) is 0.425. The third-order valence-electron chi connectivity index (χ3n) is 4.88. The van der Waals surface area contributed by atoms with Crippen LogP contribution in [-0.4, -0.2) is 33.4 Å². The van der Waals surface area contributed by atoms with Crippen LogP contribution in [0.5, 0.6) is 11.5 Å². The van der Waals surface area contributed by atoms with E-state index in [1.165, 1.54) is 4.90 Å². The Balaban J connectivity index is 1.82. The summed E-state index contributed by atoms with van der Waals surface area (Å²) < 4.78 is 5.94. The van der Waals surface area contributed by atoms with E-state index < -0.39 is 5.91 Å². The minimum atomic E-state index is -0.406. The summed E-state index contributed by atoms with van der Waals surface area (Å²) in [5, 5.41) is 10.2. The highest BCUT2D eigenvalue weighted by molar-refractivity contribution is 9.10. The number of phenolic OH excluding ortho intramolecular Hbond substituents is 1. The molecule has 2 aromatic carbocycles. The van der Waals surface area contributed by atoms with Crippen LogP contribution in [0.1, 0.15) is 34.1 Å². The Labute approximate surface area is 187 Å². The number of ether oxygens (including phenoxy) is 1. The minimum absolute atomic E-state index is 0.00803. The highest BCUT2D eigenvalue weighted by Gasteiger charge is 2.34. The van der Waals surface area contributed by atoms with E-state index in [9.17, 15) is 14.7 Å². The van der Waals surface area contributed by atoms with Crippen LogP contribution >= 0.6 is 15.9 Å². The molecule has 0 fully saturated rings. The third kappa shape index (κ3) is 4.09. The van der Waals surface area contributed by atoms with Crippen molar-refractivity contribution in [2.75, 3.05) is 6.61 Å². The average Bonchev–Trinajstić information content (AvgIpc) is 2.78. The maximum absolute atomic E-state index is 13.4. The molecule has 1 aromatic heterocycles. The molecule has 31 heavy (non-hydrogen) atoms. The van der Waals surface area contributed by atoms with E-state index in [0.717, 1.165) is 0 Å². The molecule has 0 radical (unpaired) electrons. The number of hydrogen-bond acceptors (Lipinski definition) is 5. The van der Waals surface area contributed by atoms with Crippen LogP contribution in [0.25, 0.3) is 11.6 Å². The van der Waals surface area contributed by atoms with E-state index in [0.29, 0.717) is 44.8 Å². The molecule has 7 heteroatoms. The molecular formula is C24H19BrN2O4. The van der Waals surface area contributed by atoms with Gasteiger partial charge in [0.05, 0.1) is 23.3 Å². The van der Waals surface area contributed by atoms with Crippen LogP contribution < -0.4 is 4.74 Å². The molecule has 2 heterocycles. The first-order valence-electron chi connectivity index (χ1n) is 9.72. The van der Waals surface area contributed by atoms with E-state index >= 15 is 0 Å². The Bertz CT molecular complexity index is 1190. The second-order valence-corrected chi connectivity index (χ2v) is 7.76. The zero-order valence-electron chi connectivity index (χ0n) is 16.7. The lowest BCUT2D eigenvalue weighted by molar-refractivity contribution is -0.123. The third-order valence-corrected chi connectivity index (χ3v) is 5.48. The second kappa shape index (κ2) is 8.73. The summed E-state index contributed by atoms with van der Waals surface area (Å²) in [5.74, 6) is -0.463. The molecule has 6 nitrogen and oxygen atoms in total. The Morgan fingerprint density at radius 3 is 2.52 bits per heavy atom. The van der Waals surface area contributed by atoms with Crippen molar-refractivity contribution in [2.45, 2.75) is 13.5 Å². The molecule has 156 valence electrons. The van der Waals surface area contributed by atoms with E-state index in [-0.39, 0.29) is 18.2 Å². The molecule has 1 aliphatic rings. The molecule has 0 bridgehead atoms. The van der Waals surface area contributed by atoms with Crippen molar-refractivity contribution in [3.05, 3.63) is 87.7 Å². The van der Waals surface area contributed by atoms with Crippen molar-refractivity contribution >= 4 is 39.4 Å². The molecule has 1 N–H and O–H groups in total.